The zero-order valence-electron chi connectivity index (χ0n) is 17.2. The molecule has 0 saturated carbocycles. The number of piperidine rings is 1. The predicted octanol–water partition coefficient (Wildman–Crippen LogP) is 4.02. The highest BCUT2D eigenvalue weighted by atomic mass is 16.2. The quantitative estimate of drug-likeness (QED) is 0.786. The number of aromatic nitrogens is 2. The van der Waals surface area contributed by atoms with E-state index in [1.807, 2.05) is 34.1 Å². The zero-order valence-corrected chi connectivity index (χ0v) is 17.2. The molecule has 6 heteroatoms. The van der Waals surface area contributed by atoms with Gasteiger partial charge in [0.15, 0.2) is 5.69 Å². The number of nitrogens with zero attached hydrogens (tertiary/aromatic N) is 3. The largest absolute Gasteiger partial charge is 0.334 e. The number of allylic oxidation sites excluding steroid dienone is 2. The number of amides is 2. The third-order valence-corrected chi connectivity index (χ3v) is 6.71. The minimum Gasteiger partial charge on any atom is -0.334 e. The van der Waals surface area contributed by atoms with Crippen molar-refractivity contribution >= 4 is 17.5 Å². The van der Waals surface area contributed by atoms with Crippen LogP contribution in [0.4, 0.5) is 5.69 Å². The Morgan fingerprint density at radius 3 is 2.83 bits per heavy atom. The number of H-pyrrole nitrogens is 1. The van der Waals surface area contributed by atoms with Crippen molar-refractivity contribution < 1.29 is 9.59 Å². The highest BCUT2D eigenvalue weighted by molar-refractivity contribution is 6.06. The lowest BCUT2D eigenvalue weighted by molar-refractivity contribution is -0.139. The number of benzene rings is 1. The third-order valence-electron chi connectivity index (χ3n) is 6.71. The fourth-order valence-corrected chi connectivity index (χ4v) is 5.08. The molecule has 1 N–H and O–H groups in total. The predicted molar refractivity (Wildman–Crippen MR) is 115 cm³/mol. The Balaban J connectivity index is 1.35. The molecule has 0 radical (unpaired) electrons. The van der Waals surface area contributed by atoms with Crippen molar-refractivity contribution in [3.8, 4) is 0 Å². The first-order chi connectivity index (χ1) is 14.7. The van der Waals surface area contributed by atoms with Crippen LogP contribution in [-0.2, 0) is 11.2 Å². The summed E-state index contributed by atoms with van der Waals surface area (Å²) in [7, 11) is 0. The standard InChI is InChI=1S/C24H28N4O2/c29-23(18-9-2-1-3-10-18)27-14-7-6-12-22(27)19-16-20(26-25-19)24(30)28-15-13-17-8-4-5-11-21(17)28/h1-2,4-5,8,11,16,18,22H,3,6-7,9-10,12-15H2,(H,25,26). The minimum absolute atomic E-state index is 0.0166. The molecule has 1 aliphatic carbocycles. The van der Waals surface area contributed by atoms with Crippen LogP contribution in [0.25, 0.3) is 0 Å². The summed E-state index contributed by atoms with van der Waals surface area (Å²) in [5, 5.41) is 7.44. The van der Waals surface area contributed by atoms with Crippen LogP contribution in [0.1, 0.15) is 66.3 Å². The van der Waals surface area contributed by atoms with Gasteiger partial charge >= 0.3 is 0 Å². The van der Waals surface area contributed by atoms with Gasteiger partial charge in [-0.25, -0.2) is 0 Å². The van der Waals surface area contributed by atoms with Crippen molar-refractivity contribution in [1.82, 2.24) is 15.1 Å². The van der Waals surface area contributed by atoms with Gasteiger partial charge in [-0.05, 0) is 62.6 Å². The maximum absolute atomic E-state index is 13.2. The Morgan fingerprint density at radius 2 is 1.97 bits per heavy atom. The SMILES string of the molecule is O=C(c1cc(C2CCCCN2C(=O)C2CC=CCC2)[nH]n1)N1CCc2ccccc21. The average molecular weight is 405 g/mol. The molecule has 2 aliphatic heterocycles. The van der Waals surface area contributed by atoms with Crippen LogP contribution in [0.2, 0.25) is 0 Å². The second-order valence-corrected chi connectivity index (χ2v) is 8.57. The van der Waals surface area contributed by atoms with E-state index < -0.39 is 0 Å². The van der Waals surface area contributed by atoms with Gasteiger partial charge in [-0.2, -0.15) is 5.10 Å². The topological polar surface area (TPSA) is 69.3 Å². The van der Waals surface area contributed by atoms with E-state index in [1.54, 1.807) is 0 Å². The molecule has 2 aromatic rings. The van der Waals surface area contributed by atoms with Gasteiger partial charge in [-0.15, -0.1) is 0 Å². The van der Waals surface area contributed by atoms with Gasteiger partial charge in [0.05, 0.1) is 11.7 Å². The molecule has 1 aromatic carbocycles. The first-order valence-electron chi connectivity index (χ1n) is 11.1. The number of likely N-dealkylation sites (tertiary alicyclic amines) is 1. The zero-order chi connectivity index (χ0) is 20.5. The molecule has 0 spiro atoms. The van der Waals surface area contributed by atoms with Gasteiger partial charge in [0.1, 0.15) is 0 Å². The molecule has 2 atom stereocenters. The van der Waals surface area contributed by atoms with E-state index >= 15 is 0 Å². The molecule has 2 unspecified atom stereocenters. The van der Waals surface area contributed by atoms with Crippen molar-refractivity contribution in [3.05, 3.63) is 59.4 Å². The van der Waals surface area contributed by atoms with Gasteiger partial charge in [0.2, 0.25) is 5.91 Å². The number of hydrogen-bond donors (Lipinski definition) is 1. The Morgan fingerprint density at radius 1 is 1.07 bits per heavy atom. The van der Waals surface area contributed by atoms with Crippen LogP contribution >= 0.6 is 0 Å². The second kappa shape index (κ2) is 8.09. The normalized spacial score (nSPS) is 23.5. The Kier molecular flexibility index (Phi) is 5.15. The molecule has 0 bridgehead atoms. The molecular formula is C24H28N4O2. The van der Waals surface area contributed by atoms with E-state index in [0.29, 0.717) is 12.2 Å². The van der Waals surface area contributed by atoms with Crippen molar-refractivity contribution in [2.24, 2.45) is 5.92 Å². The maximum atomic E-state index is 13.2. The van der Waals surface area contributed by atoms with Gasteiger partial charge in [0, 0.05) is 24.7 Å². The molecule has 3 heterocycles. The molecule has 156 valence electrons. The summed E-state index contributed by atoms with van der Waals surface area (Å²) in [6.45, 7) is 1.47. The number of fused-ring (bicyclic) bond motifs is 1. The number of para-hydroxylation sites is 1. The lowest BCUT2D eigenvalue weighted by atomic mass is 9.90. The van der Waals surface area contributed by atoms with Crippen LogP contribution in [0.3, 0.4) is 0 Å². The van der Waals surface area contributed by atoms with Gasteiger partial charge < -0.3 is 9.80 Å². The average Bonchev–Trinajstić information content (AvgIpc) is 3.46. The smallest absolute Gasteiger partial charge is 0.278 e. The highest BCUT2D eigenvalue weighted by Gasteiger charge is 2.34. The summed E-state index contributed by atoms with van der Waals surface area (Å²) in [6, 6.07) is 9.89. The fourth-order valence-electron chi connectivity index (χ4n) is 5.08. The molecule has 6 nitrogen and oxygen atoms in total. The van der Waals surface area contributed by atoms with Crippen LogP contribution in [0.15, 0.2) is 42.5 Å². The number of anilines is 1. The Labute approximate surface area is 176 Å². The summed E-state index contributed by atoms with van der Waals surface area (Å²) in [5.74, 6) is 0.259. The highest BCUT2D eigenvalue weighted by Crippen LogP contribution is 2.34. The van der Waals surface area contributed by atoms with E-state index in [2.05, 4.69) is 28.4 Å². The van der Waals surface area contributed by atoms with E-state index in [4.69, 9.17) is 0 Å². The Hall–Kier alpha value is -2.89. The lowest BCUT2D eigenvalue weighted by Crippen LogP contribution is -2.42. The minimum atomic E-state index is -0.0754. The number of nitrogens with one attached hydrogen (secondary N) is 1. The van der Waals surface area contributed by atoms with Gasteiger partial charge in [-0.3, -0.25) is 14.7 Å². The van der Waals surface area contributed by atoms with Crippen LogP contribution < -0.4 is 4.90 Å². The van der Waals surface area contributed by atoms with Crippen molar-refractivity contribution in [2.45, 2.75) is 51.0 Å². The molecule has 1 aromatic heterocycles. The van der Waals surface area contributed by atoms with Crippen LogP contribution in [0.5, 0.6) is 0 Å². The number of hydrogen-bond acceptors (Lipinski definition) is 3. The summed E-state index contributed by atoms with van der Waals surface area (Å²) < 4.78 is 0. The van der Waals surface area contributed by atoms with Gasteiger partial charge in [-0.1, -0.05) is 30.4 Å². The van der Waals surface area contributed by atoms with E-state index in [-0.39, 0.29) is 23.8 Å². The first-order valence-corrected chi connectivity index (χ1v) is 11.1. The molecule has 3 aliphatic rings. The Bertz CT molecular complexity index is 979. The van der Waals surface area contributed by atoms with Crippen molar-refractivity contribution in [3.63, 3.8) is 0 Å². The van der Waals surface area contributed by atoms with Crippen LogP contribution in [-0.4, -0.2) is 40.0 Å². The van der Waals surface area contributed by atoms with Crippen LogP contribution in [0, 0.1) is 5.92 Å². The van der Waals surface area contributed by atoms with E-state index in [1.165, 1.54) is 5.56 Å². The number of rotatable bonds is 3. The number of aromatic amines is 1. The molecular weight excluding hydrogens is 376 g/mol. The number of carbonyl (C=O) groups excluding carboxylic acids is 2. The third kappa shape index (κ3) is 3.44. The summed E-state index contributed by atoms with van der Waals surface area (Å²) in [5.41, 5.74) is 3.49. The monoisotopic (exact) mass is 404 g/mol. The first kappa shape index (κ1) is 19.1. The second-order valence-electron chi connectivity index (χ2n) is 8.57. The molecule has 5 rings (SSSR count). The van der Waals surface area contributed by atoms with Crippen molar-refractivity contribution in [2.75, 3.05) is 18.0 Å². The van der Waals surface area contributed by atoms with E-state index in [0.717, 1.165) is 62.9 Å². The molecule has 30 heavy (non-hydrogen) atoms. The number of carbonyl (C=O) groups is 2. The summed E-state index contributed by atoms with van der Waals surface area (Å²) in [6.07, 6.45) is 11.0. The van der Waals surface area contributed by atoms with Crippen molar-refractivity contribution in [1.29, 1.82) is 0 Å². The summed E-state index contributed by atoms with van der Waals surface area (Å²) >= 11 is 0. The van der Waals surface area contributed by atoms with Gasteiger partial charge in [0.25, 0.3) is 5.91 Å². The fraction of sp³-hybridized carbons (Fsp3) is 0.458. The lowest BCUT2D eigenvalue weighted by Gasteiger charge is -2.37. The molecule has 2 amide bonds. The molecule has 1 fully saturated rings. The molecule has 1 saturated heterocycles. The maximum Gasteiger partial charge on any atom is 0.278 e. The summed E-state index contributed by atoms with van der Waals surface area (Å²) in [4.78, 5) is 30.2. The van der Waals surface area contributed by atoms with E-state index in [9.17, 15) is 9.59 Å².